The minimum Gasteiger partial charge on any atom is -0.376 e. The average molecular weight is 370 g/mol. The van der Waals surface area contributed by atoms with E-state index in [1.165, 1.54) is 0 Å². The fraction of sp³-hybridized carbons (Fsp3) is 0.444. The molecule has 0 spiro atoms. The number of carbonyl (C=O) groups excluding carboxylic acids is 1. The molecule has 1 aliphatic heterocycles. The van der Waals surface area contributed by atoms with Crippen LogP contribution in [-0.4, -0.2) is 56.6 Å². The van der Waals surface area contributed by atoms with Crippen LogP contribution in [0.3, 0.4) is 0 Å². The molecule has 1 fully saturated rings. The van der Waals surface area contributed by atoms with E-state index in [0.717, 1.165) is 28.2 Å². The number of primary amides is 1. The van der Waals surface area contributed by atoms with Crippen molar-refractivity contribution in [1.82, 2.24) is 24.7 Å². The highest BCUT2D eigenvalue weighted by atomic mass is 16.6. The zero-order chi connectivity index (χ0) is 18.8. The van der Waals surface area contributed by atoms with Crippen molar-refractivity contribution in [2.24, 2.45) is 5.73 Å². The van der Waals surface area contributed by atoms with Crippen molar-refractivity contribution in [3.05, 3.63) is 41.2 Å². The third-order valence-corrected chi connectivity index (χ3v) is 4.41. The summed E-state index contributed by atoms with van der Waals surface area (Å²) in [4.78, 5) is 23.5. The van der Waals surface area contributed by atoms with E-state index in [9.17, 15) is 4.79 Å². The summed E-state index contributed by atoms with van der Waals surface area (Å²) in [5.74, 6) is 1.61. The number of amides is 1. The molecule has 142 valence electrons. The number of benzene rings is 1. The van der Waals surface area contributed by atoms with Gasteiger partial charge in [-0.15, -0.1) is 0 Å². The van der Waals surface area contributed by atoms with Crippen molar-refractivity contribution in [2.75, 3.05) is 19.8 Å². The second-order valence-electron chi connectivity index (χ2n) is 6.69. The first-order valence-electron chi connectivity index (χ1n) is 8.92. The topological polar surface area (TPSA) is 121 Å². The molecule has 1 aliphatic rings. The molecule has 27 heavy (non-hydrogen) atoms. The second-order valence-corrected chi connectivity index (χ2v) is 6.69. The number of aromatic nitrogens is 5. The van der Waals surface area contributed by atoms with Gasteiger partial charge in [0.1, 0.15) is 17.8 Å². The number of ether oxygens (including phenoxy) is 2. The Morgan fingerprint density at radius 3 is 3.04 bits per heavy atom. The highest BCUT2D eigenvalue weighted by Crippen LogP contribution is 2.17. The molecule has 2 aromatic heterocycles. The molecule has 0 bridgehead atoms. The lowest BCUT2D eigenvalue weighted by molar-refractivity contribution is -0.117. The zero-order valence-corrected chi connectivity index (χ0v) is 15.1. The van der Waals surface area contributed by atoms with Crippen molar-refractivity contribution >= 4 is 16.9 Å². The number of hydrogen-bond acceptors (Lipinski definition) is 6. The number of imidazole rings is 1. The summed E-state index contributed by atoms with van der Waals surface area (Å²) in [7, 11) is 0. The molecule has 1 unspecified atom stereocenters. The SMILES string of the molecule is Cc1nc2ccc(Cc3nc(CC(N)=O)nn3CC3COCCO3)cc2[nH]1. The monoisotopic (exact) mass is 370 g/mol. The maximum atomic E-state index is 11.3. The van der Waals surface area contributed by atoms with Gasteiger partial charge in [-0.2, -0.15) is 5.10 Å². The lowest BCUT2D eigenvalue weighted by Gasteiger charge is -2.23. The van der Waals surface area contributed by atoms with E-state index in [0.29, 0.717) is 38.6 Å². The normalized spacial score (nSPS) is 17.4. The minimum atomic E-state index is -0.453. The molecule has 4 rings (SSSR count). The molecule has 0 aliphatic carbocycles. The number of nitrogens with one attached hydrogen (secondary N) is 1. The number of hydrogen-bond donors (Lipinski definition) is 2. The Bertz CT molecular complexity index is 957. The fourth-order valence-electron chi connectivity index (χ4n) is 3.25. The molecule has 1 amide bonds. The Balaban J connectivity index is 1.59. The Kier molecular flexibility index (Phi) is 4.87. The van der Waals surface area contributed by atoms with E-state index < -0.39 is 5.91 Å². The molecule has 0 saturated carbocycles. The largest absolute Gasteiger partial charge is 0.376 e. The van der Waals surface area contributed by atoms with E-state index in [-0.39, 0.29) is 12.5 Å². The van der Waals surface area contributed by atoms with E-state index in [4.69, 9.17) is 15.2 Å². The molecular formula is C18H22N6O3. The Morgan fingerprint density at radius 2 is 2.26 bits per heavy atom. The highest BCUT2D eigenvalue weighted by Gasteiger charge is 2.19. The van der Waals surface area contributed by atoms with Crippen molar-refractivity contribution < 1.29 is 14.3 Å². The van der Waals surface area contributed by atoms with E-state index in [2.05, 4.69) is 26.1 Å². The van der Waals surface area contributed by atoms with Crippen LogP contribution in [0.2, 0.25) is 0 Å². The summed E-state index contributed by atoms with van der Waals surface area (Å²) in [5.41, 5.74) is 8.29. The quantitative estimate of drug-likeness (QED) is 0.652. The Hall–Kier alpha value is -2.78. The van der Waals surface area contributed by atoms with Crippen molar-refractivity contribution in [2.45, 2.75) is 32.4 Å². The molecule has 9 nitrogen and oxygen atoms in total. The average Bonchev–Trinajstić information content (AvgIpc) is 3.17. The van der Waals surface area contributed by atoms with Crippen LogP contribution in [0.5, 0.6) is 0 Å². The van der Waals surface area contributed by atoms with Gasteiger partial charge in [-0.25, -0.2) is 14.6 Å². The van der Waals surface area contributed by atoms with Gasteiger partial charge in [0, 0.05) is 6.42 Å². The molecule has 3 heterocycles. The third-order valence-electron chi connectivity index (χ3n) is 4.41. The van der Waals surface area contributed by atoms with Gasteiger partial charge >= 0.3 is 0 Å². The second kappa shape index (κ2) is 7.45. The summed E-state index contributed by atoms with van der Waals surface area (Å²) in [6.07, 6.45) is 0.507. The molecule has 1 aromatic carbocycles. The Labute approximate surface area is 155 Å². The number of aromatic amines is 1. The summed E-state index contributed by atoms with van der Waals surface area (Å²) in [6, 6.07) is 6.06. The van der Waals surface area contributed by atoms with Crippen LogP contribution < -0.4 is 5.73 Å². The third kappa shape index (κ3) is 4.15. The zero-order valence-electron chi connectivity index (χ0n) is 15.1. The number of rotatable bonds is 6. The van der Waals surface area contributed by atoms with E-state index in [1.807, 2.05) is 19.1 Å². The van der Waals surface area contributed by atoms with Crippen molar-refractivity contribution in [1.29, 1.82) is 0 Å². The van der Waals surface area contributed by atoms with E-state index >= 15 is 0 Å². The molecule has 9 heteroatoms. The minimum absolute atomic E-state index is 0.0147. The number of aryl methyl sites for hydroxylation is 1. The molecule has 3 aromatic rings. The molecule has 3 N–H and O–H groups in total. The number of nitrogens with zero attached hydrogens (tertiary/aromatic N) is 4. The van der Waals surface area contributed by atoms with Crippen molar-refractivity contribution in [3.63, 3.8) is 0 Å². The Morgan fingerprint density at radius 1 is 1.37 bits per heavy atom. The van der Waals surface area contributed by atoms with Gasteiger partial charge in [-0.3, -0.25) is 4.79 Å². The van der Waals surface area contributed by atoms with Crippen LogP contribution in [-0.2, 0) is 33.7 Å². The van der Waals surface area contributed by atoms with Gasteiger partial charge in [0.15, 0.2) is 5.82 Å². The van der Waals surface area contributed by atoms with E-state index in [1.54, 1.807) is 4.68 Å². The number of carbonyl (C=O) groups is 1. The van der Waals surface area contributed by atoms with Crippen molar-refractivity contribution in [3.8, 4) is 0 Å². The predicted molar refractivity (Wildman–Crippen MR) is 97.1 cm³/mol. The smallest absolute Gasteiger partial charge is 0.225 e. The summed E-state index contributed by atoms with van der Waals surface area (Å²) in [5, 5.41) is 4.46. The van der Waals surface area contributed by atoms with Gasteiger partial charge in [-0.05, 0) is 24.6 Å². The summed E-state index contributed by atoms with van der Waals surface area (Å²) in [6.45, 7) is 4.14. The van der Waals surface area contributed by atoms with Crippen LogP contribution in [0, 0.1) is 6.92 Å². The summed E-state index contributed by atoms with van der Waals surface area (Å²) >= 11 is 0. The van der Waals surface area contributed by atoms with Crippen LogP contribution in [0.15, 0.2) is 18.2 Å². The van der Waals surface area contributed by atoms with Gasteiger partial charge in [0.2, 0.25) is 5.91 Å². The molecule has 0 radical (unpaired) electrons. The van der Waals surface area contributed by atoms with Crippen LogP contribution in [0.25, 0.3) is 11.0 Å². The predicted octanol–water partition coefficient (Wildman–Crippen LogP) is 0.497. The molecule has 1 atom stereocenters. The van der Waals surface area contributed by atoms with Crippen LogP contribution in [0.1, 0.15) is 23.0 Å². The van der Waals surface area contributed by atoms with Crippen LogP contribution in [0.4, 0.5) is 0 Å². The van der Waals surface area contributed by atoms with Crippen LogP contribution >= 0.6 is 0 Å². The summed E-state index contributed by atoms with van der Waals surface area (Å²) < 4.78 is 13.0. The first kappa shape index (κ1) is 17.6. The standard InChI is InChI=1S/C18H22N6O3/c1-11-20-14-3-2-12(6-15(14)21-11)7-18-22-17(8-16(19)25)23-24(18)9-13-10-26-4-5-27-13/h2-3,6,13H,4-5,7-10H2,1H3,(H2,19,25)(H,20,21). The molecule has 1 saturated heterocycles. The first-order valence-corrected chi connectivity index (χ1v) is 8.92. The molecular weight excluding hydrogens is 348 g/mol. The van der Waals surface area contributed by atoms with Gasteiger partial charge < -0.3 is 20.2 Å². The fourth-order valence-corrected chi connectivity index (χ4v) is 3.25. The van der Waals surface area contributed by atoms with Gasteiger partial charge in [0.25, 0.3) is 0 Å². The number of nitrogens with two attached hydrogens (primary N) is 1. The number of fused-ring (bicyclic) bond motifs is 1. The lowest BCUT2D eigenvalue weighted by Crippen LogP contribution is -2.33. The first-order chi connectivity index (χ1) is 13.1. The number of H-pyrrole nitrogens is 1. The maximum absolute atomic E-state index is 11.3. The van der Waals surface area contributed by atoms with Gasteiger partial charge in [-0.1, -0.05) is 6.07 Å². The lowest BCUT2D eigenvalue weighted by atomic mass is 10.1. The maximum Gasteiger partial charge on any atom is 0.225 e. The van der Waals surface area contributed by atoms with Gasteiger partial charge in [0.05, 0.1) is 43.8 Å². The highest BCUT2D eigenvalue weighted by molar-refractivity contribution is 5.76.